The van der Waals surface area contributed by atoms with E-state index in [1.807, 2.05) is 0 Å². The lowest BCUT2D eigenvalue weighted by atomic mass is 9.89. The van der Waals surface area contributed by atoms with Crippen LogP contribution in [0.2, 0.25) is 0 Å². The summed E-state index contributed by atoms with van der Waals surface area (Å²) < 4.78 is 199. The Morgan fingerprint density at radius 3 is 0.929 bits per heavy atom. The van der Waals surface area contributed by atoms with Crippen molar-refractivity contribution < 1.29 is 80.1 Å². The van der Waals surface area contributed by atoms with E-state index in [1.54, 1.807) is 0 Å². The number of carbonyl (C=O) groups is 1. The molecule has 0 rings (SSSR count). The number of carboxylic acids is 1. The van der Waals surface area contributed by atoms with E-state index in [2.05, 4.69) is 0 Å². The van der Waals surface area contributed by atoms with Crippen LogP contribution in [0.3, 0.4) is 0 Å². The average Bonchev–Trinajstić information content (AvgIpc) is 2.44. The molecule has 0 aromatic rings. The van der Waals surface area contributed by atoms with Gasteiger partial charge in [0, 0.05) is 22.6 Å². The van der Waals surface area contributed by atoms with Gasteiger partial charge in [0.25, 0.3) is 0 Å². The van der Waals surface area contributed by atoms with Gasteiger partial charge in [0.1, 0.15) is 0 Å². The SMILES string of the molecule is O=C(O)C(F)(F)C(F)(F)C(F)(F)C(F)(F)C(F)(F)C(F)(F)C(F)(F)C(F)(F)I. The Labute approximate surface area is 155 Å². The molecule has 0 aromatic heterocycles. The predicted molar refractivity (Wildman–Crippen MR) is 61.2 cm³/mol. The molecule has 0 aliphatic rings. The van der Waals surface area contributed by atoms with E-state index in [4.69, 9.17) is 5.11 Å². The quantitative estimate of drug-likeness (QED) is 0.236. The van der Waals surface area contributed by atoms with Crippen LogP contribution in [0.4, 0.5) is 70.2 Å². The largest absolute Gasteiger partial charge is 0.477 e. The monoisotopic (exact) mass is 572 g/mol. The van der Waals surface area contributed by atoms with Gasteiger partial charge in [0.15, 0.2) is 0 Å². The Morgan fingerprint density at radius 2 is 0.714 bits per heavy atom. The third kappa shape index (κ3) is 3.14. The van der Waals surface area contributed by atoms with Crippen LogP contribution in [-0.2, 0) is 4.79 Å². The highest BCUT2D eigenvalue weighted by molar-refractivity contribution is 14.1. The van der Waals surface area contributed by atoms with Crippen LogP contribution >= 0.6 is 22.6 Å². The molecule has 0 fully saturated rings. The van der Waals surface area contributed by atoms with Gasteiger partial charge in [-0.1, -0.05) is 0 Å². The summed E-state index contributed by atoms with van der Waals surface area (Å²) in [6, 6.07) is 0. The lowest BCUT2D eigenvalue weighted by molar-refractivity contribution is -0.445. The lowest BCUT2D eigenvalue weighted by Gasteiger charge is -2.42. The second kappa shape index (κ2) is 6.54. The molecule has 168 valence electrons. The molecule has 0 aliphatic carbocycles. The van der Waals surface area contributed by atoms with Crippen LogP contribution in [0, 0.1) is 0 Å². The fourth-order valence-electron chi connectivity index (χ4n) is 1.30. The molecular formula is C9HF16IO2. The van der Waals surface area contributed by atoms with Crippen LogP contribution in [0.5, 0.6) is 0 Å². The highest BCUT2D eigenvalue weighted by atomic mass is 127. The average molecular weight is 572 g/mol. The summed E-state index contributed by atoms with van der Waals surface area (Å²) in [6.07, 6.45) is 0. The van der Waals surface area contributed by atoms with Crippen molar-refractivity contribution in [3.63, 3.8) is 0 Å². The molecule has 0 aliphatic heterocycles. The van der Waals surface area contributed by atoms with Crippen LogP contribution in [0.1, 0.15) is 0 Å². The number of aliphatic carboxylic acids is 1. The van der Waals surface area contributed by atoms with E-state index >= 15 is 0 Å². The van der Waals surface area contributed by atoms with Crippen molar-refractivity contribution in [2.75, 3.05) is 0 Å². The van der Waals surface area contributed by atoms with Crippen molar-refractivity contribution in [1.29, 1.82) is 0 Å². The zero-order valence-electron chi connectivity index (χ0n) is 11.8. The summed E-state index contributed by atoms with van der Waals surface area (Å²) in [4.78, 5) is 9.81. The molecule has 0 spiro atoms. The Bertz CT molecular complexity index is 620. The molecule has 28 heavy (non-hydrogen) atoms. The summed E-state index contributed by atoms with van der Waals surface area (Å²) in [6.45, 7) is 0. The second-order valence-corrected chi connectivity index (χ2v) is 6.18. The highest BCUT2D eigenvalue weighted by Crippen LogP contribution is 2.64. The van der Waals surface area contributed by atoms with Crippen molar-refractivity contribution in [1.82, 2.24) is 0 Å². The first-order valence-corrected chi connectivity index (χ1v) is 6.72. The first-order valence-electron chi connectivity index (χ1n) is 5.64. The number of halogens is 17. The zero-order chi connectivity index (χ0) is 23.6. The Kier molecular flexibility index (Phi) is 6.33. The van der Waals surface area contributed by atoms with E-state index < -0.39 is 73.9 Å². The molecule has 0 saturated carbocycles. The molecule has 0 atom stereocenters. The molecule has 0 heterocycles. The van der Waals surface area contributed by atoms with Crippen LogP contribution < -0.4 is 0 Å². The Hall–Kier alpha value is -0.920. The minimum atomic E-state index is -8.60. The van der Waals surface area contributed by atoms with Gasteiger partial charge >= 0.3 is 51.4 Å². The molecule has 19 heteroatoms. The molecule has 0 unspecified atom stereocenters. The van der Waals surface area contributed by atoms with Crippen molar-refractivity contribution in [3.8, 4) is 0 Å². The van der Waals surface area contributed by atoms with Gasteiger partial charge in [-0.15, -0.1) is 0 Å². The Morgan fingerprint density at radius 1 is 0.500 bits per heavy atom. The number of carboxylic acid groups (broad SMARTS) is 1. The molecule has 1 N–H and O–H groups in total. The number of hydrogen-bond donors (Lipinski definition) is 1. The third-order valence-corrected chi connectivity index (χ3v) is 3.67. The van der Waals surface area contributed by atoms with Gasteiger partial charge in [-0.05, 0) is 0 Å². The van der Waals surface area contributed by atoms with E-state index in [0.717, 1.165) is 0 Å². The van der Waals surface area contributed by atoms with Crippen LogP contribution in [0.25, 0.3) is 0 Å². The molecule has 0 aromatic carbocycles. The summed E-state index contributed by atoms with van der Waals surface area (Å²) in [5.74, 6) is -61.2. The van der Waals surface area contributed by atoms with Crippen LogP contribution in [0.15, 0.2) is 0 Å². The van der Waals surface area contributed by atoms with Gasteiger partial charge in [0.05, 0.1) is 0 Å². The van der Waals surface area contributed by atoms with Crippen molar-refractivity contribution in [2.45, 2.75) is 45.4 Å². The van der Waals surface area contributed by atoms with Gasteiger partial charge in [-0.3, -0.25) is 0 Å². The number of alkyl halides is 17. The fourth-order valence-corrected chi connectivity index (χ4v) is 1.64. The second-order valence-electron chi connectivity index (χ2n) is 4.82. The molecule has 0 amide bonds. The van der Waals surface area contributed by atoms with E-state index in [1.165, 1.54) is 0 Å². The standard InChI is InChI=1S/C9HF16IO2/c10-2(11,1(27)28)3(12,13)4(14,15)5(16,17)6(18,19)7(20,21)8(22,23)9(24,25)26/h(H,27,28). The molecule has 0 saturated heterocycles. The molecule has 0 radical (unpaired) electrons. The maximum Gasteiger partial charge on any atom is 0.410 e. The smallest absolute Gasteiger partial charge is 0.410 e. The van der Waals surface area contributed by atoms with E-state index in [-0.39, 0.29) is 0 Å². The van der Waals surface area contributed by atoms with E-state index in [9.17, 15) is 75.0 Å². The predicted octanol–water partition coefficient (Wildman–Crippen LogP) is 5.55. The Balaban J connectivity index is 6.76. The minimum Gasteiger partial charge on any atom is -0.477 e. The first-order chi connectivity index (χ1) is 11.7. The summed E-state index contributed by atoms with van der Waals surface area (Å²) in [7, 11) is 0. The first kappa shape index (κ1) is 27.1. The summed E-state index contributed by atoms with van der Waals surface area (Å²) in [5.41, 5.74) is 0. The van der Waals surface area contributed by atoms with Gasteiger partial charge in [-0.25, -0.2) is 4.79 Å². The van der Waals surface area contributed by atoms with E-state index in [0.29, 0.717) is 0 Å². The summed E-state index contributed by atoms with van der Waals surface area (Å²) in [5, 5.41) is 7.64. The normalized spacial score (nSPS) is 16.3. The maximum absolute atomic E-state index is 13.1. The van der Waals surface area contributed by atoms with Gasteiger partial charge in [0.2, 0.25) is 0 Å². The summed E-state index contributed by atoms with van der Waals surface area (Å²) >= 11 is -1.00. The van der Waals surface area contributed by atoms with Crippen LogP contribution in [-0.4, -0.2) is 56.5 Å². The lowest BCUT2D eigenvalue weighted by Crippen LogP contribution is -2.74. The van der Waals surface area contributed by atoms with Gasteiger partial charge in [-0.2, -0.15) is 70.2 Å². The molecular weight excluding hydrogens is 571 g/mol. The van der Waals surface area contributed by atoms with Gasteiger partial charge < -0.3 is 5.11 Å². The highest BCUT2D eigenvalue weighted by Gasteiger charge is 2.95. The van der Waals surface area contributed by atoms with Crippen molar-refractivity contribution in [3.05, 3.63) is 0 Å². The zero-order valence-corrected chi connectivity index (χ0v) is 13.9. The third-order valence-electron chi connectivity index (χ3n) is 2.99. The van der Waals surface area contributed by atoms with Crippen molar-refractivity contribution >= 4 is 28.6 Å². The molecule has 0 bridgehead atoms. The van der Waals surface area contributed by atoms with Crippen molar-refractivity contribution in [2.24, 2.45) is 0 Å². The topological polar surface area (TPSA) is 37.3 Å². The number of hydrogen-bond acceptors (Lipinski definition) is 1. The number of rotatable bonds is 8. The fraction of sp³-hybridized carbons (Fsp3) is 0.889. The maximum atomic E-state index is 13.1. The molecule has 2 nitrogen and oxygen atoms in total. The minimum absolute atomic E-state index is 1.00.